The first-order chi connectivity index (χ1) is 8.49. The van der Waals surface area contributed by atoms with Crippen LogP contribution in [0.3, 0.4) is 0 Å². The van der Waals surface area contributed by atoms with Gasteiger partial charge in [0.25, 0.3) is 6.43 Å². The van der Waals surface area contributed by atoms with E-state index in [1.807, 2.05) is 0 Å². The molecule has 0 spiro atoms. The lowest BCUT2D eigenvalue weighted by molar-refractivity contribution is -0.142. The maximum absolute atomic E-state index is 12.8. The minimum absolute atomic E-state index is 0.127. The molecule has 0 aromatic carbocycles. The number of nitrogens with zero attached hydrogens (tertiary/aromatic N) is 1. The van der Waals surface area contributed by atoms with E-state index >= 15 is 0 Å². The van der Waals surface area contributed by atoms with Crippen LogP contribution in [0.25, 0.3) is 0 Å². The first-order valence-electron chi connectivity index (χ1n) is 5.26. The topological polar surface area (TPSA) is 74.4 Å². The molecule has 0 aliphatic rings. The SMILES string of the molecule is CCOC(=O)Cc1cc(C(F)F)c(OC)c(N)n1. The molecule has 18 heavy (non-hydrogen) atoms. The summed E-state index contributed by atoms with van der Waals surface area (Å²) in [5.74, 6) is -0.887. The number of pyridine rings is 1. The molecule has 1 aromatic heterocycles. The smallest absolute Gasteiger partial charge is 0.311 e. The van der Waals surface area contributed by atoms with Gasteiger partial charge in [0.2, 0.25) is 0 Å². The predicted octanol–water partition coefficient (Wildman–Crippen LogP) is 1.72. The molecule has 0 aliphatic carbocycles. The molecule has 0 atom stereocenters. The normalized spacial score (nSPS) is 10.5. The first kappa shape index (κ1) is 14.1. The fraction of sp³-hybridized carbons (Fsp3) is 0.455. The van der Waals surface area contributed by atoms with Crippen molar-refractivity contribution in [1.82, 2.24) is 4.98 Å². The van der Waals surface area contributed by atoms with Gasteiger partial charge in [0.05, 0.1) is 31.4 Å². The van der Waals surface area contributed by atoms with E-state index in [0.717, 1.165) is 6.07 Å². The summed E-state index contributed by atoms with van der Waals surface area (Å²) in [4.78, 5) is 15.1. The van der Waals surface area contributed by atoms with Gasteiger partial charge in [-0.3, -0.25) is 4.79 Å². The summed E-state index contributed by atoms with van der Waals surface area (Å²) in [6, 6.07) is 1.09. The molecule has 0 fully saturated rings. The molecule has 0 saturated heterocycles. The number of aromatic nitrogens is 1. The third-order valence-corrected chi connectivity index (χ3v) is 2.15. The number of carbonyl (C=O) groups excluding carboxylic acids is 1. The van der Waals surface area contributed by atoms with Crippen molar-refractivity contribution in [1.29, 1.82) is 0 Å². The van der Waals surface area contributed by atoms with Gasteiger partial charge in [-0.2, -0.15) is 0 Å². The van der Waals surface area contributed by atoms with E-state index < -0.39 is 12.4 Å². The van der Waals surface area contributed by atoms with Crippen molar-refractivity contribution >= 4 is 11.8 Å². The number of methoxy groups -OCH3 is 1. The minimum Gasteiger partial charge on any atom is -0.492 e. The van der Waals surface area contributed by atoms with Crippen molar-refractivity contribution in [2.75, 3.05) is 19.5 Å². The number of nitrogens with two attached hydrogens (primary N) is 1. The quantitative estimate of drug-likeness (QED) is 0.816. The third-order valence-electron chi connectivity index (χ3n) is 2.15. The number of anilines is 1. The van der Waals surface area contributed by atoms with E-state index in [1.165, 1.54) is 7.11 Å². The lowest BCUT2D eigenvalue weighted by atomic mass is 10.1. The number of esters is 1. The Labute approximate surface area is 103 Å². The van der Waals surface area contributed by atoms with Crippen LogP contribution in [-0.4, -0.2) is 24.7 Å². The molecule has 1 heterocycles. The van der Waals surface area contributed by atoms with Crippen molar-refractivity contribution in [3.8, 4) is 5.75 Å². The number of halogens is 2. The van der Waals surface area contributed by atoms with Gasteiger partial charge in [-0.05, 0) is 13.0 Å². The highest BCUT2D eigenvalue weighted by Gasteiger charge is 2.20. The Morgan fingerprint density at radius 1 is 1.56 bits per heavy atom. The molecule has 1 aromatic rings. The lowest BCUT2D eigenvalue weighted by Gasteiger charge is -2.11. The number of nitrogen functional groups attached to an aromatic ring is 1. The maximum Gasteiger partial charge on any atom is 0.311 e. The number of alkyl halides is 2. The van der Waals surface area contributed by atoms with E-state index in [1.54, 1.807) is 6.92 Å². The summed E-state index contributed by atoms with van der Waals surface area (Å²) in [6.07, 6.45) is -2.96. The van der Waals surface area contributed by atoms with E-state index in [-0.39, 0.29) is 35.9 Å². The van der Waals surface area contributed by atoms with Crippen LogP contribution in [0.5, 0.6) is 5.75 Å². The zero-order valence-electron chi connectivity index (χ0n) is 10.1. The van der Waals surface area contributed by atoms with Crippen LogP contribution in [0.4, 0.5) is 14.6 Å². The van der Waals surface area contributed by atoms with Gasteiger partial charge < -0.3 is 15.2 Å². The van der Waals surface area contributed by atoms with Crippen LogP contribution in [0.1, 0.15) is 24.6 Å². The molecule has 0 amide bonds. The molecule has 0 unspecified atom stereocenters. The molecular formula is C11H14F2N2O3. The first-order valence-corrected chi connectivity index (χ1v) is 5.26. The predicted molar refractivity (Wildman–Crippen MR) is 60.5 cm³/mol. The highest BCUT2D eigenvalue weighted by atomic mass is 19.3. The van der Waals surface area contributed by atoms with E-state index in [0.29, 0.717) is 0 Å². The summed E-state index contributed by atoms with van der Waals surface area (Å²) >= 11 is 0. The second-order valence-corrected chi connectivity index (χ2v) is 3.40. The monoisotopic (exact) mass is 260 g/mol. The second kappa shape index (κ2) is 6.13. The van der Waals surface area contributed by atoms with Crippen LogP contribution < -0.4 is 10.5 Å². The molecule has 0 aliphatic heterocycles. The standard InChI is InChI=1S/C11H14F2N2O3/c1-3-18-8(16)5-6-4-7(10(12)13)9(17-2)11(14)15-6/h4,10H,3,5H2,1-2H3,(H2,14,15). The van der Waals surface area contributed by atoms with Crippen molar-refractivity contribution in [3.05, 3.63) is 17.3 Å². The van der Waals surface area contributed by atoms with Gasteiger partial charge in [0.15, 0.2) is 11.6 Å². The van der Waals surface area contributed by atoms with Crippen LogP contribution in [-0.2, 0) is 16.0 Å². The number of ether oxygens (including phenoxy) is 2. The maximum atomic E-state index is 12.8. The highest BCUT2D eigenvalue weighted by molar-refractivity contribution is 5.72. The van der Waals surface area contributed by atoms with Crippen molar-refractivity contribution in [2.24, 2.45) is 0 Å². The molecule has 100 valence electrons. The lowest BCUT2D eigenvalue weighted by Crippen LogP contribution is -2.11. The van der Waals surface area contributed by atoms with Crippen molar-refractivity contribution in [3.63, 3.8) is 0 Å². The number of carbonyl (C=O) groups is 1. The van der Waals surface area contributed by atoms with Gasteiger partial charge in [-0.15, -0.1) is 0 Å². The zero-order chi connectivity index (χ0) is 13.7. The van der Waals surface area contributed by atoms with Gasteiger partial charge in [0, 0.05) is 0 Å². The zero-order valence-corrected chi connectivity index (χ0v) is 10.1. The fourth-order valence-corrected chi connectivity index (χ4v) is 1.47. The average molecular weight is 260 g/mol. The van der Waals surface area contributed by atoms with Crippen LogP contribution in [0.2, 0.25) is 0 Å². The van der Waals surface area contributed by atoms with Gasteiger partial charge in [-0.1, -0.05) is 0 Å². The number of rotatable bonds is 5. The van der Waals surface area contributed by atoms with Crippen LogP contribution in [0.15, 0.2) is 6.07 Å². The molecule has 7 heteroatoms. The molecule has 1 rings (SSSR count). The summed E-state index contributed by atoms with van der Waals surface area (Å²) in [5, 5.41) is 0. The fourth-order valence-electron chi connectivity index (χ4n) is 1.47. The van der Waals surface area contributed by atoms with Gasteiger partial charge in [-0.25, -0.2) is 13.8 Å². The van der Waals surface area contributed by atoms with E-state index in [9.17, 15) is 13.6 Å². The molecule has 0 bridgehead atoms. The Morgan fingerprint density at radius 3 is 2.72 bits per heavy atom. The van der Waals surface area contributed by atoms with Crippen molar-refractivity contribution in [2.45, 2.75) is 19.8 Å². The average Bonchev–Trinajstić information content (AvgIpc) is 2.28. The molecule has 0 saturated carbocycles. The Hall–Kier alpha value is -1.92. The second-order valence-electron chi connectivity index (χ2n) is 3.40. The van der Waals surface area contributed by atoms with E-state index in [4.69, 9.17) is 15.2 Å². The number of hydrogen-bond acceptors (Lipinski definition) is 5. The Balaban J connectivity index is 3.05. The molecular weight excluding hydrogens is 246 g/mol. The van der Waals surface area contributed by atoms with Crippen LogP contribution >= 0.6 is 0 Å². The molecule has 5 nitrogen and oxygen atoms in total. The highest BCUT2D eigenvalue weighted by Crippen LogP contribution is 2.33. The van der Waals surface area contributed by atoms with Gasteiger partial charge in [0.1, 0.15) is 0 Å². The van der Waals surface area contributed by atoms with Crippen molar-refractivity contribution < 1.29 is 23.0 Å². The summed E-state index contributed by atoms with van der Waals surface area (Å²) < 4.78 is 35.0. The minimum atomic E-state index is -2.76. The summed E-state index contributed by atoms with van der Waals surface area (Å²) in [7, 11) is 1.23. The number of hydrogen-bond donors (Lipinski definition) is 1. The molecule has 0 radical (unpaired) electrons. The third kappa shape index (κ3) is 3.28. The summed E-state index contributed by atoms with van der Waals surface area (Å²) in [5.41, 5.74) is 5.24. The largest absolute Gasteiger partial charge is 0.492 e. The summed E-state index contributed by atoms with van der Waals surface area (Å²) in [6.45, 7) is 1.87. The molecule has 2 N–H and O–H groups in total. The van der Waals surface area contributed by atoms with Crippen LogP contribution in [0, 0.1) is 0 Å². The van der Waals surface area contributed by atoms with E-state index in [2.05, 4.69) is 4.98 Å². The Kier molecular flexibility index (Phi) is 4.82. The Morgan fingerprint density at radius 2 is 2.22 bits per heavy atom. The Bertz CT molecular complexity index is 439. The van der Waals surface area contributed by atoms with Gasteiger partial charge >= 0.3 is 5.97 Å².